The van der Waals surface area contributed by atoms with Crippen molar-refractivity contribution in [1.82, 2.24) is 19.5 Å². The number of pyridine rings is 3. The first-order chi connectivity index (χ1) is 16.5. The first kappa shape index (κ1) is 22.6. The predicted octanol–water partition coefficient (Wildman–Crippen LogP) is 3.03. The summed E-state index contributed by atoms with van der Waals surface area (Å²) in [6.45, 7) is 0.945. The fraction of sp³-hybridized carbons (Fsp3) is 0.167. The van der Waals surface area contributed by atoms with Crippen molar-refractivity contribution in [2.45, 2.75) is 0 Å². The van der Waals surface area contributed by atoms with Gasteiger partial charge in [-0.2, -0.15) is 5.26 Å². The van der Waals surface area contributed by atoms with Crippen LogP contribution in [0.2, 0.25) is 0 Å². The van der Waals surface area contributed by atoms with Crippen molar-refractivity contribution < 1.29 is 14.3 Å². The van der Waals surface area contributed by atoms with Gasteiger partial charge < -0.3 is 19.9 Å². The summed E-state index contributed by atoms with van der Waals surface area (Å²) in [5.74, 6) is -0.173. The third-order valence-electron chi connectivity index (χ3n) is 5.21. The van der Waals surface area contributed by atoms with E-state index in [1.165, 1.54) is 6.20 Å². The smallest absolute Gasteiger partial charge is 0.260 e. The summed E-state index contributed by atoms with van der Waals surface area (Å²) < 4.78 is 6.79. The topological polar surface area (TPSA) is 135 Å². The number of hydrogen-bond acceptors (Lipinski definition) is 8. The zero-order valence-corrected chi connectivity index (χ0v) is 18.6. The van der Waals surface area contributed by atoms with E-state index >= 15 is 0 Å². The SMILES string of the molecule is COCCNc1cc(NC(=O)c2cn(C)c3cc(-c4cccnc4)c(C=O)nc23)ncc1C#N. The van der Waals surface area contributed by atoms with Gasteiger partial charge in [-0.25, -0.2) is 9.97 Å². The highest BCUT2D eigenvalue weighted by Gasteiger charge is 2.19. The molecule has 0 radical (unpaired) electrons. The molecule has 10 nitrogen and oxygen atoms in total. The van der Waals surface area contributed by atoms with Crippen molar-refractivity contribution in [2.75, 3.05) is 30.9 Å². The van der Waals surface area contributed by atoms with Crippen molar-refractivity contribution in [3.8, 4) is 17.2 Å². The number of ether oxygens (including phenoxy) is 1. The van der Waals surface area contributed by atoms with Gasteiger partial charge in [0.05, 0.1) is 28.9 Å². The molecule has 0 unspecified atom stereocenters. The Kier molecular flexibility index (Phi) is 6.57. The van der Waals surface area contributed by atoms with Gasteiger partial charge in [0.15, 0.2) is 6.29 Å². The van der Waals surface area contributed by atoms with Gasteiger partial charge in [0.25, 0.3) is 5.91 Å². The second-order valence-electron chi connectivity index (χ2n) is 7.40. The van der Waals surface area contributed by atoms with Crippen LogP contribution in [0.4, 0.5) is 11.5 Å². The summed E-state index contributed by atoms with van der Waals surface area (Å²) in [5, 5.41) is 15.1. The number of carbonyl (C=O) groups excluding carboxylic acids is 2. The molecule has 4 aromatic heterocycles. The Morgan fingerprint density at radius 1 is 1.32 bits per heavy atom. The van der Waals surface area contributed by atoms with Crippen LogP contribution in [0.15, 0.2) is 49.1 Å². The van der Waals surface area contributed by atoms with Crippen LogP contribution >= 0.6 is 0 Å². The number of methoxy groups -OCH3 is 1. The Hall–Kier alpha value is -4.62. The van der Waals surface area contributed by atoms with E-state index in [2.05, 4.69) is 31.7 Å². The minimum atomic E-state index is -0.441. The number of amides is 1. The van der Waals surface area contributed by atoms with Crippen molar-refractivity contribution in [1.29, 1.82) is 5.26 Å². The normalized spacial score (nSPS) is 10.6. The van der Waals surface area contributed by atoms with Gasteiger partial charge in [-0.1, -0.05) is 6.07 Å². The Bertz CT molecular complexity index is 1410. The van der Waals surface area contributed by atoms with E-state index in [1.54, 1.807) is 49.4 Å². The molecule has 0 atom stereocenters. The van der Waals surface area contributed by atoms with Crippen molar-refractivity contribution in [2.24, 2.45) is 7.05 Å². The molecule has 10 heteroatoms. The first-order valence-electron chi connectivity index (χ1n) is 10.4. The number of anilines is 2. The Labute approximate surface area is 195 Å². The molecule has 0 saturated heterocycles. The largest absolute Gasteiger partial charge is 0.383 e. The first-order valence-corrected chi connectivity index (χ1v) is 10.4. The highest BCUT2D eigenvalue weighted by atomic mass is 16.5. The number of fused-ring (bicyclic) bond motifs is 1. The molecule has 0 fully saturated rings. The van der Waals surface area contributed by atoms with Crippen LogP contribution < -0.4 is 10.6 Å². The highest BCUT2D eigenvalue weighted by Crippen LogP contribution is 2.28. The predicted molar refractivity (Wildman–Crippen MR) is 127 cm³/mol. The summed E-state index contributed by atoms with van der Waals surface area (Å²) in [4.78, 5) is 37.7. The summed E-state index contributed by atoms with van der Waals surface area (Å²) in [5.41, 5.74) is 3.84. The Morgan fingerprint density at radius 3 is 2.88 bits per heavy atom. The minimum Gasteiger partial charge on any atom is -0.383 e. The standard InChI is InChI=1S/C24H21N7O3/c1-31-13-18(23-21(31)8-17(20(14-32)29-23)15-4-3-5-26-11-15)24(33)30-22-9-19(27-6-7-34-2)16(10-25)12-28-22/h3-5,8-9,11-14H,6-7H2,1-2H3,(H2,27,28,30,33). The quantitative estimate of drug-likeness (QED) is 0.306. The van der Waals surface area contributed by atoms with Gasteiger partial charge in [0.1, 0.15) is 23.1 Å². The van der Waals surface area contributed by atoms with Gasteiger partial charge in [-0.05, 0) is 12.1 Å². The molecule has 0 saturated carbocycles. The second-order valence-corrected chi connectivity index (χ2v) is 7.40. The van der Waals surface area contributed by atoms with E-state index in [1.807, 2.05) is 12.1 Å². The maximum atomic E-state index is 13.1. The molecule has 4 rings (SSSR count). The van der Waals surface area contributed by atoms with Gasteiger partial charge in [-0.3, -0.25) is 14.6 Å². The summed E-state index contributed by atoms with van der Waals surface area (Å²) >= 11 is 0. The van der Waals surface area contributed by atoms with Crippen LogP contribution in [0, 0.1) is 11.3 Å². The van der Waals surface area contributed by atoms with Crippen LogP contribution in [-0.4, -0.2) is 52.0 Å². The van der Waals surface area contributed by atoms with E-state index in [-0.39, 0.29) is 11.5 Å². The number of aryl methyl sites for hydroxylation is 1. The van der Waals surface area contributed by atoms with Crippen LogP contribution in [0.25, 0.3) is 22.2 Å². The molecule has 0 aromatic carbocycles. The molecule has 4 aromatic rings. The molecule has 170 valence electrons. The molecule has 34 heavy (non-hydrogen) atoms. The molecule has 0 spiro atoms. The number of rotatable bonds is 8. The number of aldehydes is 1. The number of hydrogen-bond donors (Lipinski definition) is 2. The van der Waals surface area contributed by atoms with E-state index in [0.29, 0.717) is 52.8 Å². The third kappa shape index (κ3) is 4.46. The minimum absolute atomic E-state index is 0.210. The Balaban J connectivity index is 1.68. The molecule has 1 amide bonds. The van der Waals surface area contributed by atoms with Gasteiger partial charge in [-0.15, -0.1) is 0 Å². The van der Waals surface area contributed by atoms with Crippen LogP contribution in [-0.2, 0) is 11.8 Å². The molecule has 0 aliphatic carbocycles. The number of nitrogens with zero attached hydrogens (tertiary/aromatic N) is 5. The lowest BCUT2D eigenvalue weighted by Crippen LogP contribution is -2.14. The monoisotopic (exact) mass is 455 g/mol. The third-order valence-corrected chi connectivity index (χ3v) is 5.21. The molecule has 2 N–H and O–H groups in total. The average molecular weight is 455 g/mol. The van der Waals surface area contributed by atoms with E-state index in [4.69, 9.17) is 4.74 Å². The van der Waals surface area contributed by atoms with Crippen LogP contribution in [0.1, 0.15) is 26.4 Å². The lowest BCUT2D eigenvalue weighted by Gasteiger charge is -2.10. The van der Waals surface area contributed by atoms with E-state index in [0.717, 1.165) is 5.56 Å². The molecular weight excluding hydrogens is 434 g/mol. The Morgan fingerprint density at radius 2 is 2.18 bits per heavy atom. The van der Waals surface area contributed by atoms with Crippen LogP contribution in [0.3, 0.4) is 0 Å². The lowest BCUT2D eigenvalue weighted by molar-refractivity contribution is 0.102. The highest BCUT2D eigenvalue weighted by molar-refractivity contribution is 6.12. The summed E-state index contributed by atoms with van der Waals surface area (Å²) in [6, 6.07) is 9.09. The van der Waals surface area contributed by atoms with E-state index in [9.17, 15) is 14.9 Å². The van der Waals surface area contributed by atoms with E-state index < -0.39 is 5.91 Å². The number of carbonyl (C=O) groups is 2. The fourth-order valence-electron chi connectivity index (χ4n) is 3.55. The van der Waals surface area contributed by atoms with Crippen molar-refractivity contribution >= 4 is 34.7 Å². The fourth-order valence-corrected chi connectivity index (χ4v) is 3.55. The summed E-state index contributed by atoms with van der Waals surface area (Å²) in [7, 11) is 3.38. The molecule has 0 aliphatic rings. The molecule has 4 heterocycles. The lowest BCUT2D eigenvalue weighted by atomic mass is 10.1. The molecular formula is C24H21N7O3. The number of aromatic nitrogens is 4. The zero-order valence-electron chi connectivity index (χ0n) is 18.6. The van der Waals surface area contributed by atoms with Crippen LogP contribution in [0.5, 0.6) is 0 Å². The average Bonchev–Trinajstić information content (AvgIpc) is 3.19. The second kappa shape index (κ2) is 9.89. The maximum Gasteiger partial charge on any atom is 0.260 e. The van der Waals surface area contributed by atoms with Gasteiger partial charge >= 0.3 is 0 Å². The van der Waals surface area contributed by atoms with Gasteiger partial charge in [0.2, 0.25) is 0 Å². The van der Waals surface area contributed by atoms with Crippen molar-refractivity contribution in [3.05, 3.63) is 65.9 Å². The molecule has 0 aliphatic heterocycles. The summed E-state index contributed by atoms with van der Waals surface area (Å²) in [6.07, 6.45) is 7.00. The number of nitriles is 1. The molecule has 0 bridgehead atoms. The maximum absolute atomic E-state index is 13.1. The zero-order chi connectivity index (χ0) is 24.1. The van der Waals surface area contributed by atoms with Crippen molar-refractivity contribution in [3.63, 3.8) is 0 Å². The van der Waals surface area contributed by atoms with Gasteiger partial charge in [0, 0.05) is 62.7 Å². The number of nitrogens with one attached hydrogen (secondary N) is 2.